The number of amides is 1. The van der Waals surface area contributed by atoms with Crippen molar-refractivity contribution in [2.75, 3.05) is 7.11 Å². The van der Waals surface area contributed by atoms with Crippen LogP contribution in [-0.4, -0.2) is 18.2 Å². The standard InChI is InChI=1S/C21H17F5N2O3S/c1-20(22,23)14-9-13(21(24,25)26)5-4-12(14)10-31-15-6-3-11(7-16(15)30-2)8-17-18(27)28-19(29)32-17/h3-9H,10H2,1-2H3,(H2,27,28,29)/b17-8-. The van der Waals surface area contributed by atoms with E-state index in [1.54, 1.807) is 18.2 Å². The van der Waals surface area contributed by atoms with Crippen LogP contribution < -0.4 is 14.8 Å². The summed E-state index contributed by atoms with van der Waals surface area (Å²) in [6.45, 7) is 0.111. The molecule has 0 atom stereocenters. The first-order chi connectivity index (χ1) is 14.9. The van der Waals surface area contributed by atoms with E-state index < -0.39 is 29.8 Å². The maximum atomic E-state index is 14.0. The minimum Gasteiger partial charge on any atom is -0.493 e. The molecule has 1 amide bonds. The number of halogens is 5. The Kier molecular flexibility index (Phi) is 6.49. The molecule has 170 valence electrons. The molecule has 32 heavy (non-hydrogen) atoms. The van der Waals surface area contributed by atoms with E-state index in [-0.39, 0.29) is 28.1 Å². The molecule has 5 nitrogen and oxygen atoms in total. The molecular formula is C21H17F5N2O3S. The van der Waals surface area contributed by atoms with Crippen LogP contribution in [0.25, 0.3) is 6.08 Å². The van der Waals surface area contributed by atoms with Gasteiger partial charge in [0.1, 0.15) is 12.4 Å². The molecule has 1 saturated heterocycles. The fourth-order valence-corrected chi connectivity index (χ4v) is 3.63. The number of thioether (sulfide) groups is 1. The Bertz CT molecular complexity index is 1090. The number of benzene rings is 2. The van der Waals surface area contributed by atoms with E-state index in [0.717, 1.165) is 23.9 Å². The van der Waals surface area contributed by atoms with Crippen molar-refractivity contribution >= 4 is 28.9 Å². The molecule has 0 aromatic heterocycles. The summed E-state index contributed by atoms with van der Waals surface area (Å²) in [5, 5.41) is 9.68. The highest BCUT2D eigenvalue weighted by atomic mass is 32.2. The van der Waals surface area contributed by atoms with Crippen molar-refractivity contribution < 1.29 is 36.2 Å². The molecule has 0 saturated carbocycles. The Morgan fingerprint density at radius 3 is 2.38 bits per heavy atom. The highest BCUT2D eigenvalue weighted by Gasteiger charge is 2.35. The zero-order valence-electron chi connectivity index (χ0n) is 16.8. The van der Waals surface area contributed by atoms with Gasteiger partial charge < -0.3 is 14.8 Å². The molecule has 2 N–H and O–H groups in total. The summed E-state index contributed by atoms with van der Waals surface area (Å²) in [6.07, 6.45) is -3.16. The number of carbonyl (C=O) groups excluding carboxylic acids is 1. The topological polar surface area (TPSA) is 71.4 Å². The van der Waals surface area contributed by atoms with Gasteiger partial charge in [0, 0.05) is 12.5 Å². The van der Waals surface area contributed by atoms with E-state index in [9.17, 15) is 26.7 Å². The number of rotatable bonds is 6. The smallest absolute Gasteiger partial charge is 0.416 e. The summed E-state index contributed by atoms with van der Waals surface area (Å²) in [5.41, 5.74) is -1.45. The molecule has 2 aromatic carbocycles. The largest absolute Gasteiger partial charge is 0.493 e. The number of ether oxygens (including phenoxy) is 2. The molecule has 2 aromatic rings. The van der Waals surface area contributed by atoms with E-state index in [4.69, 9.17) is 14.9 Å². The molecule has 1 aliphatic rings. The lowest BCUT2D eigenvalue weighted by Gasteiger charge is -2.19. The molecule has 3 rings (SSSR count). The monoisotopic (exact) mass is 472 g/mol. The first-order valence-corrected chi connectivity index (χ1v) is 9.89. The Morgan fingerprint density at radius 1 is 1.09 bits per heavy atom. The second kappa shape index (κ2) is 8.81. The molecule has 0 spiro atoms. The lowest BCUT2D eigenvalue weighted by atomic mass is 9.99. The van der Waals surface area contributed by atoms with Gasteiger partial charge in [-0.15, -0.1) is 0 Å². The minimum atomic E-state index is -4.75. The van der Waals surface area contributed by atoms with Crippen molar-refractivity contribution in [3.05, 3.63) is 63.6 Å². The number of methoxy groups -OCH3 is 1. The molecule has 1 fully saturated rings. The maximum absolute atomic E-state index is 14.0. The predicted molar refractivity (Wildman–Crippen MR) is 110 cm³/mol. The van der Waals surface area contributed by atoms with Crippen LogP contribution in [-0.2, 0) is 18.7 Å². The molecular weight excluding hydrogens is 455 g/mol. The van der Waals surface area contributed by atoms with Crippen LogP contribution in [0, 0.1) is 5.41 Å². The first-order valence-electron chi connectivity index (χ1n) is 9.07. The zero-order chi connectivity index (χ0) is 23.7. The third-order valence-corrected chi connectivity index (χ3v) is 5.28. The molecule has 1 heterocycles. The summed E-state index contributed by atoms with van der Waals surface area (Å²) in [4.78, 5) is 11.7. The van der Waals surface area contributed by atoms with Gasteiger partial charge in [0.15, 0.2) is 11.5 Å². The van der Waals surface area contributed by atoms with Crippen molar-refractivity contribution in [1.82, 2.24) is 5.32 Å². The zero-order valence-corrected chi connectivity index (χ0v) is 17.6. The minimum absolute atomic E-state index is 0.0328. The van der Waals surface area contributed by atoms with Crippen LogP contribution in [0.1, 0.15) is 29.2 Å². The summed E-state index contributed by atoms with van der Waals surface area (Å²) in [6, 6.07) is 6.77. The van der Waals surface area contributed by atoms with Crippen LogP contribution in [0.5, 0.6) is 11.5 Å². The summed E-state index contributed by atoms with van der Waals surface area (Å²) in [5.74, 6) is -3.11. The van der Waals surface area contributed by atoms with Crippen molar-refractivity contribution in [1.29, 1.82) is 5.41 Å². The summed E-state index contributed by atoms with van der Waals surface area (Å²) in [7, 11) is 1.36. The van der Waals surface area contributed by atoms with Gasteiger partial charge in [-0.25, -0.2) is 8.78 Å². The normalized spacial score (nSPS) is 15.8. The number of carbonyl (C=O) groups is 1. The van der Waals surface area contributed by atoms with Gasteiger partial charge in [0.2, 0.25) is 0 Å². The van der Waals surface area contributed by atoms with Crippen molar-refractivity contribution in [3.8, 4) is 11.5 Å². The average molecular weight is 472 g/mol. The molecule has 11 heteroatoms. The van der Waals surface area contributed by atoms with Crippen LogP contribution >= 0.6 is 11.8 Å². The third kappa shape index (κ3) is 5.39. The number of alkyl halides is 5. The Hall–Kier alpha value is -3.08. The molecule has 0 unspecified atom stereocenters. The van der Waals surface area contributed by atoms with Crippen molar-refractivity contribution in [2.45, 2.75) is 25.6 Å². The second-order valence-corrected chi connectivity index (χ2v) is 7.87. The van der Waals surface area contributed by atoms with Gasteiger partial charge in [-0.3, -0.25) is 10.2 Å². The third-order valence-electron chi connectivity index (χ3n) is 4.45. The van der Waals surface area contributed by atoms with E-state index in [1.807, 2.05) is 0 Å². The van der Waals surface area contributed by atoms with E-state index in [0.29, 0.717) is 23.5 Å². The summed E-state index contributed by atoms with van der Waals surface area (Å²) >= 11 is 0.864. The van der Waals surface area contributed by atoms with E-state index >= 15 is 0 Å². The van der Waals surface area contributed by atoms with Crippen LogP contribution in [0.2, 0.25) is 0 Å². The van der Waals surface area contributed by atoms with Crippen LogP contribution in [0.4, 0.5) is 26.7 Å². The maximum Gasteiger partial charge on any atom is 0.416 e. The van der Waals surface area contributed by atoms with Crippen LogP contribution in [0.15, 0.2) is 41.3 Å². The fraction of sp³-hybridized carbons (Fsp3) is 0.238. The highest BCUT2D eigenvalue weighted by Crippen LogP contribution is 2.37. The van der Waals surface area contributed by atoms with Gasteiger partial charge >= 0.3 is 6.18 Å². The van der Waals surface area contributed by atoms with Crippen molar-refractivity contribution in [2.24, 2.45) is 0 Å². The first kappa shape index (κ1) is 23.6. The highest BCUT2D eigenvalue weighted by molar-refractivity contribution is 8.18. The number of hydrogen-bond donors (Lipinski definition) is 2. The van der Waals surface area contributed by atoms with Gasteiger partial charge in [-0.2, -0.15) is 13.2 Å². The predicted octanol–water partition coefficient (Wildman–Crippen LogP) is 6.18. The Labute approximate surface area is 184 Å². The Balaban J connectivity index is 1.85. The van der Waals surface area contributed by atoms with Gasteiger partial charge in [-0.1, -0.05) is 12.1 Å². The van der Waals surface area contributed by atoms with Gasteiger partial charge in [-0.05, 0) is 53.2 Å². The number of hydrogen-bond acceptors (Lipinski definition) is 5. The molecule has 0 bridgehead atoms. The average Bonchev–Trinajstić information content (AvgIpc) is 3.01. The van der Waals surface area contributed by atoms with Gasteiger partial charge in [0.05, 0.1) is 17.6 Å². The van der Waals surface area contributed by atoms with Crippen molar-refractivity contribution in [3.63, 3.8) is 0 Å². The Morgan fingerprint density at radius 2 is 1.81 bits per heavy atom. The van der Waals surface area contributed by atoms with E-state index in [1.165, 1.54) is 13.2 Å². The number of nitrogens with one attached hydrogen (secondary N) is 2. The lowest BCUT2D eigenvalue weighted by Crippen LogP contribution is -2.17. The van der Waals surface area contributed by atoms with E-state index in [2.05, 4.69) is 5.32 Å². The number of amidine groups is 1. The second-order valence-electron chi connectivity index (χ2n) is 6.86. The van der Waals surface area contributed by atoms with Crippen LogP contribution in [0.3, 0.4) is 0 Å². The fourth-order valence-electron chi connectivity index (χ4n) is 2.93. The summed E-state index contributed by atoms with van der Waals surface area (Å²) < 4.78 is 77.5. The quantitative estimate of drug-likeness (QED) is 0.493. The van der Waals surface area contributed by atoms with Gasteiger partial charge in [0.25, 0.3) is 11.2 Å². The lowest BCUT2D eigenvalue weighted by molar-refractivity contribution is -0.137. The molecule has 0 aliphatic carbocycles. The SMILES string of the molecule is COc1cc(/C=C2\SC(=O)NC2=N)ccc1OCc1ccc(C(F)(F)F)cc1C(C)(F)F. The molecule has 1 aliphatic heterocycles. The molecule has 0 radical (unpaired) electrons.